The molecule has 3 heterocycles. The molecule has 0 spiro atoms. The lowest BCUT2D eigenvalue weighted by Gasteiger charge is -2.21. The number of hydrogen-bond donors (Lipinski definition) is 1. The molecule has 11 heteroatoms. The predicted octanol–water partition coefficient (Wildman–Crippen LogP) is 7.89. The number of ether oxygens (including phenoxy) is 1. The van der Waals surface area contributed by atoms with E-state index in [1.165, 1.54) is 37.8 Å². The van der Waals surface area contributed by atoms with Gasteiger partial charge in [-0.1, -0.05) is 33.1 Å². The smallest absolute Gasteiger partial charge is 0.475 e. The number of alkyl halides is 3. The van der Waals surface area contributed by atoms with Crippen LogP contribution in [0, 0.1) is 5.82 Å². The van der Waals surface area contributed by atoms with Gasteiger partial charge in [0.2, 0.25) is 0 Å². The summed E-state index contributed by atoms with van der Waals surface area (Å²) >= 11 is 0. The van der Waals surface area contributed by atoms with Crippen LogP contribution in [0.4, 0.5) is 17.6 Å². The quantitative estimate of drug-likeness (QED) is 0.147. The molecule has 43 heavy (non-hydrogen) atoms. The third kappa shape index (κ3) is 7.81. The lowest BCUT2D eigenvalue weighted by atomic mass is 9.92. The number of fused-ring (bicyclic) bond motifs is 3. The van der Waals surface area contributed by atoms with Gasteiger partial charge in [-0.05, 0) is 81.7 Å². The number of likely N-dealkylation sites (tertiary alicyclic amines) is 1. The molecule has 2 aromatic heterocycles. The van der Waals surface area contributed by atoms with Crippen molar-refractivity contribution in [2.75, 3.05) is 20.2 Å². The summed E-state index contributed by atoms with van der Waals surface area (Å²) in [6.45, 7) is 6.23. The minimum absolute atomic E-state index is 0.235. The summed E-state index contributed by atoms with van der Waals surface area (Å²) in [7, 11) is 2.16. The van der Waals surface area contributed by atoms with E-state index in [9.17, 15) is 17.6 Å². The number of aromatic nitrogens is 3. The summed E-state index contributed by atoms with van der Waals surface area (Å²) in [4.78, 5) is 21.2. The average Bonchev–Trinajstić information content (AvgIpc) is 3.60. The zero-order valence-electron chi connectivity index (χ0n) is 24.7. The SMILES string of the molecule is CCCCCC(CC)c1nc(OC[C@@H]2CCCN2C)nc2c1ccc1c2ccn1-c1ccc(F)cc1.O=C(O)C(F)(F)F. The molecule has 1 fully saturated rings. The summed E-state index contributed by atoms with van der Waals surface area (Å²) in [6, 6.07) is 13.9. The number of aliphatic carboxylic acids is 1. The molecule has 0 saturated carbocycles. The third-order valence-electron chi connectivity index (χ3n) is 8.00. The first-order chi connectivity index (χ1) is 20.5. The number of carboxylic acids is 1. The number of halogens is 4. The number of carboxylic acid groups (broad SMARTS) is 1. The molecule has 232 valence electrons. The van der Waals surface area contributed by atoms with Crippen molar-refractivity contribution < 1.29 is 32.2 Å². The van der Waals surface area contributed by atoms with Crippen LogP contribution in [0.3, 0.4) is 0 Å². The van der Waals surface area contributed by atoms with Gasteiger partial charge >= 0.3 is 18.2 Å². The van der Waals surface area contributed by atoms with Crippen molar-refractivity contribution in [1.29, 1.82) is 0 Å². The zero-order valence-corrected chi connectivity index (χ0v) is 24.7. The van der Waals surface area contributed by atoms with E-state index in [0.29, 0.717) is 24.6 Å². The maximum Gasteiger partial charge on any atom is 0.490 e. The fourth-order valence-electron chi connectivity index (χ4n) is 5.55. The van der Waals surface area contributed by atoms with Crippen LogP contribution < -0.4 is 4.74 Å². The normalized spacial score (nSPS) is 16.3. The Morgan fingerprint density at radius 2 is 1.79 bits per heavy atom. The third-order valence-corrected chi connectivity index (χ3v) is 8.00. The van der Waals surface area contributed by atoms with Crippen LogP contribution in [0.2, 0.25) is 0 Å². The highest BCUT2D eigenvalue weighted by molar-refractivity contribution is 6.05. The molecule has 0 amide bonds. The van der Waals surface area contributed by atoms with Crippen molar-refractivity contribution in [3.63, 3.8) is 0 Å². The van der Waals surface area contributed by atoms with Crippen LogP contribution in [-0.4, -0.2) is 62.9 Å². The Labute approximate surface area is 248 Å². The number of benzene rings is 2. The molecular weight excluding hydrogens is 564 g/mol. The molecule has 4 aromatic rings. The molecule has 1 unspecified atom stereocenters. The average molecular weight is 603 g/mol. The highest BCUT2D eigenvalue weighted by Crippen LogP contribution is 2.35. The van der Waals surface area contributed by atoms with Crippen molar-refractivity contribution in [3.05, 3.63) is 60.2 Å². The monoisotopic (exact) mass is 602 g/mol. The number of rotatable bonds is 10. The molecular formula is C32H38F4N4O3. The lowest BCUT2D eigenvalue weighted by Crippen LogP contribution is -2.31. The summed E-state index contributed by atoms with van der Waals surface area (Å²) in [6.07, 6.45) is 5.12. The Kier molecular flexibility index (Phi) is 10.6. The molecule has 1 saturated heterocycles. The van der Waals surface area contributed by atoms with E-state index in [0.717, 1.165) is 59.0 Å². The zero-order chi connectivity index (χ0) is 31.1. The fourth-order valence-corrected chi connectivity index (χ4v) is 5.55. The van der Waals surface area contributed by atoms with Crippen LogP contribution in [0.25, 0.3) is 27.5 Å². The molecule has 5 rings (SSSR count). The topological polar surface area (TPSA) is 80.5 Å². The van der Waals surface area contributed by atoms with Crippen LogP contribution in [-0.2, 0) is 4.79 Å². The highest BCUT2D eigenvalue weighted by atomic mass is 19.4. The van der Waals surface area contributed by atoms with Crippen molar-refractivity contribution >= 4 is 27.8 Å². The van der Waals surface area contributed by atoms with Gasteiger partial charge in [0.1, 0.15) is 12.4 Å². The van der Waals surface area contributed by atoms with Gasteiger partial charge in [0.15, 0.2) is 0 Å². The maximum absolute atomic E-state index is 13.5. The second-order valence-electron chi connectivity index (χ2n) is 10.9. The standard InChI is InChI=1S/C30H37FN4O.C2HF3O2/c1-4-6-7-9-21(5-2)28-26-15-16-27-25(17-19-35(27)23-13-11-22(31)12-14-23)29(26)33-30(32-28)36-20-24-10-8-18-34(24)3;3-2(4,5)1(6)7/h11-17,19,21,24H,4-10,18,20H2,1-3H3;(H,6,7)/t21?,24-;/m0./s1. The number of nitrogens with zero attached hydrogens (tertiary/aromatic N) is 4. The molecule has 0 bridgehead atoms. The molecule has 2 atom stereocenters. The van der Waals surface area contributed by atoms with Gasteiger partial charge in [0.05, 0.1) is 16.7 Å². The van der Waals surface area contributed by atoms with Gasteiger partial charge in [0, 0.05) is 34.6 Å². The first-order valence-electron chi connectivity index (χ1n) is 14.7. The molecule has 0 radical (unpaired) electrons. The van der Waals surface area contributed by atoms with E-state index in [2.05, 4.69) is 48.6 Å². The fraction of sp³-hybridized carbons (Fsp3) is 0.469. The predicted molar refractivity (Wildman–Crippen MR) is 158 cm³/mol. The highest BCUT2D eigenvalue weighted by Gasteiger charge is 2.38. The number of likely N-dealkylation sites (N-methyl/N-ethyl adjacent to an activating group) is 1. The summed E-state index contributed by atoms with van der Waals surface area (Å²) in [5, 5.41) is 9.29. The second kappa shape index (κ2) is 14.2. The van der Waals surface area contributed by atoms with Gasteiger partial charge in [0.25, 0.3) is 0 Å². The van der Waals surface area contributed by atoms with Crippen LogP contribution in [0.15, 0.2) is 48.7 Å². The van der Waals surface area contributed by atoms with Crippen LogP contribution in [0.1, 0.15) is 70.4 Å². The Morgan fingerprint density at radius 1 is 1.07 bits per heavy atom. The summed E-state index contributed by atoms with van der Waals surface area (Å²) in [5.41, 5.74) is 4.00. The van der Waals surface area contributed by atoms with E-state index in [1.807, 2.05) is 6.20 Å². The Bertz CT molecular complexity index is 1520. The number of hydrogen-bond acceptors (Lipinski definition) is 5. The van der Waals surface area contributed by atoms with E-state index < -0.39 is 12.1 Å². The van der Waals surface area contributed by atoms with Crippen molar-refractivity contribution in [1.82, 2.24) is 19.4 Å². The van der Waals surface area contributed by atoms with E-state index >= 15 is 0 Å². The minimum atomic E-state index is -5.08. The van der Waals surface area contributed by atoms with Crippen LogP contribution in [0.5, 0.6) is 6.01 Å². The molecule has 2 aromatic carbocycles. The second-order valence-corrected chi connectivity index (χ2v) is 10.9. The van der Waals surface area contributed by atoms with E-state index in [4.69, 9.17) is 24.6 Å². The Balaban J connectivity index is 0.000000541. The van der Waals surface area contributed by atoms with E-state index in [-0.39, 0.29) is 5.82 Å². The molecule has 0 aliphatic carbocycles. The van der Waals surface area contributed by atoms with Gasteiger partial charge in [-0.3, -0.25) is 0 Å². The number of carbonyl (C=O) groups is 1. The van der Waals surface area contributed by atoms with E-state index in [1.54, 1.807) is 12.1 Å². The van der Waals surface area contributed by atoms with Gasteiger partial charge < -0.3 is 19.3 Å². The largest absolute Gasteiger partial charge is 0.490 e. The first kappa shape index (κ1) is 32.2. The molecule has 1 aliphatic heterocycles. The molecule has 1 aliphatic rings. The number of unbranched alkanes of at least 4 members (excludes halogenated alkanes) is 2. The molecule has 7 nitrogen and oxygen atoms in total. The van der Waals surface area contributed by atoms with Gasteiger partial charge in [-0.2, -0.15) is 23.1 Å². The van der Waals surface area contributed by atoms with Crippen molar-refractivity contribution in [3.8, 4) is 11.7 Å². The Hall–Kier alpha value is -3.73. The van der Waals surface area contributed by atoms with Crippen LogP contribution >= 0.6 is 0 Å². The van der Waals surface area contributed by atoms with Gasteiger partial charge in [-0.15, -0.1) is 0 Å². The van der Waals surface area contributed by atoms with Gasteiger partial charge in [-0.25, -0.2) is 9.18 Å². The lowest BCUT2D eigenvalue weighted by molar-refractivity contribution is -0.192. The molecule has 1 N–H and O–H groups in total. The maximum atomic E-state index is 13.5. The summed E-state index contributed by atoms with van der Waals surface area (Å²) < 4.78 is 53.6. The van der Waals surface area contributed by atoms with Crippen molar-refractivity contribution in [2.24, 2.45) is 0 Å². The summed E-state index contributed by atoms with van der Waals surface area (Å²) in [5.74, 6) is -2.62. The minimum Gasteiger partial charge on any atom is -0.475 e. The Morgan fingerprint density at radius 3 is 2.40 bits per heavy atom. The first-order valence-corrected chi connectivity index (χ1v) is 14.7. The van der Waals surface area contributed by atoms with Crippen molar-refractivity contribution in [2.45, 2.75) is 76.9 Å².